The summed E-state index contributed by atoms with van der Waals surface area (Å²) in [4.78, 5) is 6.95. The van der Waals surface area contributed by atoms with Crippen LogP contribution < -0.4 is 10.2 Å². The maximum absolute atomic E-state index is 4.71. The van der Waals surface area contributed by atoms with Crippen molar-refractivity contribution < 1.29 is 0 Å². The predicted molar refractivity (Wildman–Crippen MR) is 77.0 cm³/mol. The zero-order chi connectivity index (χ0) is 13.1. The smallest absolute Gasteiger partial charge is 0.129 e. The van der Waals surface area contributed by atoms with Gasteiger partial charge in [0.15, 0.2) is 0 Å². The third kappa shape index (κ3) is 3.45. The van der Waals surface area contributed by atoms with Crippen molar-refractivity contribution in [3.8, 4) is 0 Å². The fraction of sp³-hybridized carbons (Fsp3) is 0.667. The van der Waals surface area contributed by atoms with Gasteiger partial charge in [0.2, 0.25) is 0 Å². The molecule has 0 aromatic carbocycles. The highest BCUT2D eigenvalue weighted by atomic mass is 15.2. The molecule has 1 aromatic rings. The lowest BCUT2D eigenvalue weighted by Crippen LogP contribution is -2.27. The second-order valence-corrected chi connectivity index (χ2v) is 5.54. The lowest BCUT2D eigenvalue weighted by molar-refractivity contribution is 0.683. The Morgan fingerprint density at radius 2 is 2.11 bits per heavy atom. The van der Waals surface area contributed by atoms with Gasteiger partial charge in [0.25, 0.3) is 0 Å². The van der Waals surface area contributed by atoms with Gasteiger partial charge in [-0.1, -0.05) is 6.92 Å². The van der Waals surface area contributed by atoms with E-state index in [0.29, 0.717) is 6.04 Å². The fourth-order valence-corrected chi connectivity index (χ4v) is 1.91. The van der Waals surface area contributed by atoms with E-state index >= 15 is 0 Å². The molecular weight excluding hydrogens is 222 g/mol. The largest absolute Gasteiger partial charge is 0.357 e. The molecule has 0 radical (unpaired) electrons. The molecule has 1 N–H and O–H groups in total. The molecular formula is C15H25N3. The summed E-state index contributed by atoms with van der Waals surface area (Å²) in [6, 6.07) is 5.69. The molecule has 1 heterocycles. The molecule has 100 valence electrons. The van der Waals surface area contributed by atoms with Crippen LogP contribution in [0.15, 0.2) is 12.1 Å². The van der Waals surface area contributed by atoms with Crippen LogP contribution in [0.25, 0.3) is 0 Å². The molecule has 1 fully saturated rings. The van der Waals surface area contributed by atoms with Crippen LogP contribution in [0.1, 0.15) is 44.9 Å². The second-order valence-electron chi connectivity index (χ2n) is 5.54. The third-order valence-electron chi connectivity index (χ3n) is 3.60. The van der Waals surface area contributed by atoms with Crippen LogP contribution in [-0.2, 0) is 13.0 Å². The first-order valence-electron chi connectivity index (χ1n) is 7.06. The van der Waals surface area contributed by atoms with Crippen LogP contribution in [0, 0.1) is 0 Å². The van der Waals surface area contributed by atoms with Gasteiger partial charge in [-0.2, -0.15) is 0 Å². The van der Waals surface area contributed by atoms with Crippen molar-refractivity contribution in [2.24, 2.45) is 0 Å². The fourth-order valence-electron chi connectivity index (χ4n) is 1.91. The highest BCUT2D eigenvalue weighted by Crippen LogP contribution is 2.21. The summed E-state index contributed by atoms with van der Waals surface area (Å²) in [5, 5.41) is 3.57. The predicted octanol–water partition coefficient (Wildman–Crippen LogP) is 2.74. The number of rotatable bonds is 6. The number of hydrogen-bond acceptors (Lipinski definition) is 3. The third-order valence-corrected chi connectivity index (χ3v) is 3.60. The molecule has 1 aliphatic rings. The molecule has 1 saturated carbocycles. The first-order chi connectivity index (χ1) is 8.60. The Kier molecular flexibility index (Phi) is 4.23. The standard InChI is InChI=1S/C15H25N3/c1-5-13-8-12(10-16-14-6-7-14)9-15(17-13)18(4)11(2)3/h8-9,11,14,16H,5-7,10H2,1-4H3. The number of aryl methyl sites for hydroxylation is 1. The molecule has 0 aliphatic heterocycles. The summed E-state index contributed by atoms with van der Waals surface area (Å²) in [6.45, 7) is 7.53. The maximum atomic E-state index is 4.71. The van der Waals surface area contributed by atoms with E-state index in [0.717, 1.165) is 24.8 Å². The van der Waals surface area contributed by atoms with Gasteiger partial charge in [-0.3, -0.25) is 0 Å². The van der Waals surface area contributed by atoms with Crippen molar-refractivity contribution in [1.82, 2.24) is 10.3 Å². The number of aromatic nitrogens is 1. The van der Waals surface area contributed by atoms with E-state index < -0.39 is 0 Å². The van der Waals surface area contributed by atoms with Gasteiger partial charge in [-0.15, -0.1) is 0 Å². The second kappa shape index (κ2) is 5.70. The van der Waals surface area contributed by atoms with E-state index in [1.54, 1.807) is 0 Å². The molecule has 0 bridgehead atoms. The minimum absolute atomic E-state index is 0.480. The molecule has 0 spiro atoms. The molecule has 1 aromatic heterocycles. The number of nitrogens with zero attached hydrogens (tertiary/aromatic N) is 2. The Labute approximate surface area is 111 Å². The number of anilines is 1. The molecule has 3 nitrogen and oxygen atoms in total. The van der Waals surface area contributed by atoms with E-state index in [-0.39, 0.29) is 0 Å². The molecule has 0 atom stereocenters. The van der Waals surface area contributed by atoms with Crippen molar-refractivity contribution in [3.63, 3.8) is 0 Å². The van der Waals surface area contributed by atoms with Gasteiger partial charge >= 0.3 is 0 Å². The average molecular weight is 247 g/mol. The van der Waals surface area contributed by atoms with Crippen LogP contribution in [0.4, 0.5) is 5.82 Å². The maximum Gasteiger partial charge on any atom is 0.129 e. The number of nitrogens with one attached hydrogen (secondary N) is 1. The van der Waals surface area contributed by atoms with Crippen molar-refractivity contribution in [3.05, 3.63) is 23.4 Å². The molecule has 0 amide bonds. The summed E-state index contributed by atoms with van der Waals surface area (Å²) < 4.78 is 0. The van der Waals surface area contributed by atoms with Crippen LogP contribution in [-0.4, -0.2) is 24.1 Å². The molecule has 0 saturated heterocycles. The molecule has 2 rings (SSSR count). The van der Waals surface area contributed by atoms with Crippen LogP contribution >= 0.6 is 0 Å². The van der Waals surface area contributed by atoms with Crippen molar-refractivity contribution >= 4 is 5.82 Å². The van der Waals surface area contributed by atoms with Crippen LogP contribution in [0.5, 0.6) is 0 Å². The van der Waals surface area contributed by atoms with E-state index in [1.165, 1.54) is 24.1 Å². The topological polar surface area (TPSA) is 28.2 Å². The van der Waals surface area contributed by atoms with Gasteiger partial charge in [0.1, 0.15) is 5.82 Å². The van der Waals surface area contributed by atoms with Gasteiger partial charge in [-0.25, -0.2) is 4.98 Å². The molecule has 0 unspecified atom stereocenters. The van der Waals surface area contributed by atoms with Crippen LogP contribution in [0.2, 0.25) is 0 Å². The van der Waals surface area contributed by atoms with E-state index in [2.05, 4.69) is 50.2 Å². The summed E-state index contributed by atoms with van der Waals surface area (Å²) in [6.07, 6.45) is 3.67. The lowest BCUT2D eigenvalue weighted by Gasteiger charge is -2.24. The summed E-state index contributed by atoms with van der Waals surface area (Å²) in [5.74, 6) is 1.09. The summed E-state index contributed by atoms with van der Waals surface area (Å²) in [5.41, 5.74) is 2.55. The Hall–Kier alpha value is -1.09. The Morgan fingerprint density at radius 1 is 1.39 bits per heavy atom. The van der Waals surface area contributed by atoms with E-state index in [9.17, 15) is 0 Å². The molecule has 3 heteroatoms. The highest BCUT2D eigenvalue weighted by Gasteiger charge is 2.20. The first kappa shape index (κ1) is 13.3. The summed E-state index contributed by atoms with van der Waals surface area (Å²) >= 11 is 0. The zero-order valence-corrected chi connectivity index (χ0v) is 12.0. The zero-order valence-electron chi connectivity index (χ0n) is 12.0. The SMILES string of the molecule is CCc1cc(CNC2CC2)cc(N(C)C(C)C)n1. The monoisotopic (exact) mass is 247 g/mol. The minimum Gasteiger partial charge on any atom is -0.357 e. The van der Waals surface area contributed by atoms with Gasteiger partial charge < -0.3 is 10.2 Å². The number of pyridine rings is 1. The minimum atomic E-state index is 0.480. The first-order valence-corrected chi connectivity index (χ1v) is 7.06. The quantitative estimate of drug-likeness (QED) is 0.838. The highest BCUT2D eigenvalue weighted by molar-refractivity contribution is 5.42. The Balaban J connectivity index is 2.14. The van der Waals surface area contributed by atoms with Crippen molar-refractivity contribution in [2.75, 3.05) is 11.9 Å². The molecule has 1 aliphatic carbocycles. The van der Waals surface area contributed by atoms with Crippen LogP contribution in [0.3, 0.4) is 0 Å². The van der Waals surface area contributed by atoms with Crippen molar-refractivity contribution in [2.45, 2.75) is 58.7 Å². The lowest BCUT2D eigenvalue weighted by atomic mass is 10.1. The Bertz CT molecular complexity index is 397. The van der Waals surface area contributed by atoms with Gasteiger partial charge in [0, 0.05) is 31.4 Å². The summed E-state index contributed by atoms with van der Waals surface area (Å²) in [7, 11) is 2.12. The Morgan fingerprint density at radius 3 is 2.67 bits per heavy atom. The average Bonchev–Trinajstić information content (AvgIpc) is 3.18. The van der Waals surface area contributed by atoms with E-state index in [4.69, 9.17) is 4.98 Å². The van der Waals surface area contributed by atoms with Gasteiger partial charge in [-0.05, 0) is 50.8 Å². The normalized spacial score (nSPS) is 15.2. The van der Waals surface area contributed by atoms with Crippen molar-refractivity contribution in [1.29, 1.82) is 0 Å². The molecule has 18 heavy (non-hydrogen) atoms. The van der Waals surface area contributed by atoms with Gasteiger partial charge in [0.05, 0.1) is 0 Å². The number of hydrogen-bond donors (Lipinski definition) is 1. The van der Waals surface area contributed by atoms with E-state index in [1.807, 2.05) is 0 Å².